The zero-order chi connectivity index (χ0) is 19.8. The molecule has 1 aromatic heterocycles. The van der Waals surface area contributed by atoms with E-state index in [1.54, 1.807) is 55.8 Å². The summed E-state index contributed by atoms with van der Waals surface area (Å²) < 4.78 is 10.4. The van der Waals surface area contributed by atoms with Crippen LogP contribution in [0.5, 0.6) is 5.75 Å². The number of para-hydroxylation sites is 1. The lowest BCUT2D eigenvalue weighted by Gasteiger charge is -2.07. The van der Waals surface area contributed by atoms with Crippen LogP contribution in [0.3, 0.4) is 0 Å². The number of benzene rings is 2. The molecule has 3 rings (SSSR count). The summed E-state index contributed by atoms with van der Waals surface area (Å²) in [5.74, 6) is 0.789. The lowest BCUT2D eigenvalue weighted by Crippen LogP contribution is -2.22. The van der Waals surface area contributed by atoms with Crippen LogP contribution in [-0.2, 0) is 11.3 Å². The second kappa shape index (κ2) is 9.23. The third-order valence-electron chi connectivity index (χ3n) is 3.95. The van der Waals surface area contributed by atoms with Crippen molar-refractivity contribution in [3.63, 3.8) is 0 Å². The zero-order valence-electron chi connectivity index (χ0n) is 15.3. The van der Waals surface area contributed by atoms with Gasteiger partial charge in [-0.05, 0) is 42.5 Å². The first-order chi connectivity index (χ1) is 13.7. The van der Waals surface area contributed by atoms with Crippen molar-refractivity contribution >= 4 is 23.6 Å². The van der Waals surface area contributed by atoms with E-state index in [-0.39, 0.29) is 11.8 Å². The number of ether oxygens (including phenoxy) is 1. The molecule has 0 bridgehead atoms. The lowest BCUT2D eigenvalue weighted by molar-refractivity contribution is -0.111. The van der Waals surface area contributed by atoms with Crippen molar-refractivity contribution in [1.29, 1.82) is 0 Å². The minimum absolute atomic E-state index is 0.253. The maximum atomic E-state index is 12.3. The number of carbonyl (C=O) groups is 2. The van der Waals surface area contributed by atoms with E-state index in [1.165, 1.54) is 6.08 Å². The summed E-state index contributed by atoms with van der Waals surface area (Å²) >= 11 is 0. The Morgan fingerprint density at radius 3 is 2.71 bits per heavy atom. The van der Waals surface area contributed by atoms with Crippen LogP contribution >= 0.6 is 0 Å². The quantitative estimate of drug-likeness (QED) is 0.614. The molecule has 2 aromatic carbocycles. The Morgan fingerprint density at radius 1 is 1.07 bits per heavy atom. The number of nitrogens with one attached hydrogen (secondary N) is 2. The van der Waals surface area contributed by atoms with Crippen LogP contribution in [0.2, 0.25) is 0 Å². The summed E-state index contributed by atoms with van der Waals surface area (Å²) in [6.07, 6.45) is 4.64. The number of rotatable bonds is 7. The Morgan fingerprint density at radius 2 is 1.93 bits per heavy atom. The molecule has 28 heavy (non-hydrogen) atoms. The highest BCUT2D eigenvalue weighted by atomic mass is 16.5. The molecular weight excluding hydrogens is 356 g/mol. The number of furan rings is 1. The third kappa shape index (κ3) is 5.11. The second-order valence-electron chi connectivity index (χ2n) is 5.91. The molecule has 0 unspecified atom stereocenters. The highest BCUT2D eigenvalue weighted by Gasteiger charge is 2.08. The van der Waals surface area contributed by atoms with E-state index in [2.05, 4.69) is 10.6 Å². The van der Waals surface area contributed by atoms with Gasteiger partial charge in [0.1, 0.15) is 11.5 Å². The van der Waals surface area contributed by atoms with Crippen molar-refractivity contribution in [3.8, 4) is 5.75 Å². The average molecular weight is 376 g/mol. The number of carbonyl (C=O) groups excluding carboxylic acids is 2. The van der Waals surface area contributed by atoms with Gasteiger partial charge >= 0.3 is 0 Å². The van der Waals surface area contributed by atoms with Gasteiger partial charge in [0, 0.05) is 22.9 Å². The summed E-state index contributed by atoms with van der Waals surface area (Å²) in [5, 5.41) is 5.52. The van der Waals surface area contributed by atoms with Crippen LogP contribution in [0.25, 0.3) is 6.08 Å². The molecule has 2 amide bonds. The molecule has 0 aliphatic heterocycles. The molecule has 2 N–H and O–H groups in total. The van der Waals surface area contributed by atoms with Crippen LogP contribution in [0.1, 0.15) is 21.7 Å². The smallest absolute Gasteiger partial charge is 0.251 e. The van der Waals surface area contributed by atoms with Crippen LogP contribution < -0.4 is 15.4 Å². The summed E-state index contributed by atoms with van der Waals surface area (Å²) in [7, 11) is 1.58. The predicted molar refractivity (Wildman–Crippen MR) is 107 cm³/mol. The fourth-order valence-corrected chi connectivity index (χ4v) is 2.57. The van der Waals surface area contributed by atoms with Crippen LogP contribution in [0.4, 0.5) is 5.69 Å². The highest BCUT2D eigenvalue weighted by molar-refractivity contribution is 6.03. The summed E-state index contributed by atoms with van der Waals surface area (Å²) in [4.78, 5) is 24.5. The van der Waals surface area contributed by atoms with Gasteiger partial charge in [-0.25, -0.2) is 0 Å². The summed E-state index contributed by atoms with van der Waals surface area (Å²) in [5.41, 5.74) is 1.77. The van der Waals surface area contributed by atoms with E-state index < -0.39 is 0 Å². The number of hydrogen-bond donors (Lipinski definition) is 2. The molecule has 0 saturated carbocycles. The Bertz CT molecular complexity index is 978. The number of anilines is 1. The molecule has 0 spiro atoms. The van der Waals surface area contributed by atoms with Gasteiger partial charge in [0.2, 0.25) is 5.91 Å². The maximum absolute atomic E-state index is 12.3. The second-order valence-corrected chi connectivity index (χ2v) is 5.91. The lowest BCUT2D eigenvalue weighted by atomic mass is 10.1. The van der Waals surface area contributed by atoms with Crippen molar-refractivity contribution in [1.82, 2.24) is 5.32 Å². The minimum Gasteiger partial charge on any atom is -0.496 e. The van der Waals surface area contributed by atoms with Gasteiger partial charge in [-0.2, -0.15) is 0 Å². The normalized spacial score (nSPS) is 10.6. The first kappa shape index (κ1) is 19.0. The van der Waals surface area contributed by atoms with E-state index in [0.29, 0.717) is 29.3 Å². The number of amides is 2. The van der Waals surface area contributed by atoms with E-state index in [4.69, 9.17) is 9.15 Å². The van der Waals surface area contributed by atoms with Gasteiger partial charge in [0.15, 0.2) is 0 Å². The van der Waals surface area contributed by atoms with Gasteiger partial charge in [-0.1, -0.05) is 24.3 Å². The molecule has 142 valence electrons. The molecule has 0 fully saturated rings. The molecule has 0 aliphatic rings. The molecular formula is C22H20N2O4. The molecule has 3 aromatic rings. The third-order valence-corrected chi connectivity index (χ3v) is 3.95. The molecule has 1 heterocycles. The Labute approximate surface area is 162 Å². The largest absolute Gasteiger partial charge is 0.496 e. The van der Waals surface area contributed by atoms with Crippen LogP contribution in [0.15, 0.2) is 77.4 Å². The highest BCUT2D eigenvalue weighted by Crippen LogP contribution is 2.19. The summed E-state index contributed by atoms with van der Waals surface area (Å²) in [6.45, 7) is 0.296. The van der Waals surface area contributed by atoms with Gasteiger partial charge in [-0.3, -0.25) is 9.59 Å². The molecule has 0 atom stereocenters. The fraction of sp³-hybridized carbons (Fsp3) is 0.0909. The van der Waals surface area contributed by atoms with Crippen molar-refractivity contribution in [2.24, 2.45) is 0 Å². The minimum atomic E-state index is -0.306. The van der Waals surface area contributed by atoms with E-state index in [0.717, 1.165) is 5.56 Å². The SMILES string of the molecule is COc1ccccc1/C=C/C(=O)Nc1cccc(C(=O)NCc2ccco2)c1. The molecule has 0 saturated heterocycles. The van der Waals surface area contributed by atoms with Crippen molar-refractivity contribution < 1.29 is 18.7 Å². The average Bonchev–Trinajstić information content (AvgIpc) is 3.24. The maximum Gasteiger partial charge on any atom is 0.251 e. The molecule has 0 aliphatic carbocycles. The van der Waals surface area contributed by atoms with Gasteiger partial charge in [-0.15, -0.1) is 0 Å². The van der Waals surface area contributed by atoms with Gasteiger partial charge in [0.25, 0.3) is 5.91 Å². The monoisotopic (exact) mass is 376 g/mol. The zero-order valence-corrected chi connectivity index (χ0v) is 15.3. The van der Waals surface area contributed by atoms with Crippen molar-refractivity contribution in [3.05, 3.63) is 89.9 Å². The number of methoxy groups -OCH3 is 1. The van der Waals surface area contributed by atoms with Gasteiger partial charge in [0.05, 0.1) is 19.9 Å². The summed E-state index contributed by atoms with van der Waals surface area (Å²) in [6, 6.07) is 17.7. The van der Waals surface area contributed by atoms with Crippen molar-refractivity contribution in [2.75, 3.05) is 12.4 Å². The molecule has 6 nitrogen and oxygen atoms in total. The Balaban J connectivity index is 1.61. The van der Waals surface area contributed by atoms with Crippen LogP contribution in [0, 0.1) is 0 Å². The topological polar surface area (TPSA) is 80.6 Å². The Hall–Kier alpha value is -3.80. The predicted octanol–water partition coefficient (Wildman–Crippen LogP) is 3.87. The van der Waals surface area contributed by atoms with Gasteiger partial charge < -0.3 is 19.8 Å². The first-order valence-electron chi connectivity index (χ1n) is 8.68. The van der Waals surface area contributed by atoms with E-state index in [9.17, 15) is 9.59 Å². The van der Waals surface area contributed by atoms with E-state index in [1.807, 2.05) is 24.3 Å². The standard InChI is InChI=1S/C22H20N2O4/c1-27-20-10-3-2-6-16(20)11-12-21(25)24-18-8-4-7-17(14-18)22(26)23-15-19-9-5-13-28-19/h2-14H,15H2,1H3,(H,23,26)(H,24,25)/b12-11+. The van der Waals surface area contributed by atoms with E-state index >= 15 is 0 Å². The van der Waals surface area contributed by atoms with Crippen molar-refractivity contribution in [2.45, 2.75) is 6.54 Å². The Kier molecular flexibility index (Phi) is 6.25. The van der Waals surface area contributed by atoms with Crippen LogP contribution in [-0.4, -0.2) is 18.9 Å². The molecule has 6 heteroatoms. The number of hydrogen-bond acceptors (Lipinski definition) is 4. The molecule has 0 radical (unpaired) electrons. The fourth-order valence-electron chi connectivity index (χ4n) is 2.57. The first-order valence-corrected chi connectivity index (χ1v) is 8.68.